The topological polar surface area (TPSA) is 84.9 Å². The Hall–Kier alpha value is -2.20. The molecule has 0 aromatic heterocycles. The minimum absolute atomic E-state index is 0.0489. The zero-order chi connectivity index (χ0) is 22.6. The van der Waals surface area contributed by atoms with E-state index >= 15 is 0 Å². The van der Waals surface area contributed by atoms with Crippen molar-refractivity contribution >= 4 is 23.2 Å². The maximum atomic E-state index is 12.5. The number of anilines is 2. The number of phenols is 1. The molecule has 2 amide bonds. The SMILES string of the molecule is CN1CC[N+](C)(CC(=O)Nc2ccc(NC(=O)C[N+]3(C)CCN(C)CC3)c(O)c2)CC1. The van der Waals surface area contributed by atoms with Crippen LogP contribution in [0.25, 0.3) is 0 Å². The van der Waals surface area contributed by atoms with Crippen LogP contribution in [0.3, 0.4) is 0 Å². The van der Waals surface area contributed by atoms with Crippen molar-refractivity contribution in [3.63, 3.8) is 0 Å². The van der Waals surface area contributed by atoms with Gasteiger partial charge in [0.05, 0.1) is 46.0 Å². The summed E-state index contributed by atoms with van der Waals surface area (Å²) >= 11 is 0. The van der Waals surface area contributed by atoms with Crippen molar-refractivity contribution < 1.29 is 23.7 Å². The zero-order valence-electron chi connectivity index (χ0n) is 19.4. The minimum atomic E-state index is -0.119. The van der Waals surface area contributed by atoms with Gasteiger partial charge in [-0.1, -0.05) is 0 Å². The predicted octanol–water partition coefficient (Wildman–Crippen LogP) is 0.0532. The van der Waals surface area contributed by atoms with Gasteiger partial charge in [0, 0.05) is 37.9 Å². The second-order valence-electron chi connectivity index (χ2n) is 9.88. The lowest BCUT2D eigenvalue weighted by molar-refractivity contribution is -0.905. The number of nitrogens with zero attached hydrogens (tertiary/aromatic N) is 4. The number of aromatic hydroxyl groups is 1. The van der Waals surface area contributed by atoms with Crippen LogP contribution in [-0.2, 0) is 9.59 Å². The van der Waals surface area contributed by atoms with E-state index in [1.807, 2.05) is 0 Å². The third-order valence-corrected chi connectivity index (χ3v) is 6.69. The summed E-state index contributed by atoms with van der Waals surface area (Å²) in [5.41, 5.74) is 0.890. The number of quaternary nitrogens is 2. The zero-order valence-corrected chi connectivity index (χ0v) is 19.4. The van der Waals surface area contributed by atoms with Crippen LogP contribution in [0.2, 0.25) is 0 Å². The Morgan fingerprint density at radius 3 is 1.77 bits per heavy atom. The largest absolute Gasteiger partial charge is 0.506 e. The van der Waals surface area contributed by atoms with Gasteiger partial charge in [0.25, 0.3) is 11.8 Å². The minimum Gasteiger partial charge on any atom is -0.506 e. The maximum absolute atomic E-state index is 12.5. The number of carbonyl (C=O) groups excluding carboxylic acids is 2. The normalized spacial score (nSPS) is 21.4. The lowest BCUT2D eigenvalue weighted by Gasteiger charge is -2.40. The molecule has 31 heavy (non-hydrogen) atoms. The van der Waals surface area contributed by atoms with Crippen molar-refractivity contribution in [3.8, 4) is 5.75 Å². The summed E-state index contributed by atoms with van der Waals surface area (Å²) in [5, 5.41) is 16.1. The number of rotatable bonds is 6. The molecule has 9 heteroatoms. The molecule has 0 radical (unpaired) electrons. The first kappa shape index (κ1) is 23.5. The molecule has 0 unspecified atom stereocenters. The molecule has 0 saturated carbocycles. The van der Waals surface area contributed by atoms with Gasteiger partial charge in [-0.05, 0) is 26.2 Å². The van der Waals surface area contributed by atoms with E-state index in [2.05, 4.69) is 48.6 Å². The van der Waals surface area contributed by atoms with Gasteiger partial charge < -0.3 is 24.7 Å². The van der Waals surface area contributed by atoms with E-state index in [0.29, 0.717) is 33.4 Å². The first-order chi connectivity index (χ1) is 14.6. The van der Waals surface area contributed by atoms with Gasteiger partial charge in [-0.3, -0.25) is 19.4 Å². The molecule has 0 bridgehead atoms. The van der Waals surface area contributed by atoms with Gasteiger partial charge in [-0.15, -0.1) is 0 Å². The Bertz CT molecular complexity index is 798. The lowest BCUT2D eigenvalue weighted by atomic mass is 10.2. The molecule has 0 spiro atoms. The van der Waals surface area contributed by atoms with E-state index in [-0.39, 0.29) is 17.6 Å². The highest BCUT2D eigenvalue weighted by Gasteiger charge is 2.31. The van der Waals surface area contributed by atoms with Crippen molar-refractivity contribution in [3.05, 3.63) is 18.2 Å². The first-order valence-electron chi connectivity index (χ1n) is 11.0. The van der Waals surface area contributed by atoms with Crippen LogP contribution in [-0.4, -0.2) is 129 Å². The number of piperazine rings is 2. The fraction of sp³-hybridized carbons (Fsp3) is 0.636. The Balaban J connectivity index is 1.52. The van der Waals surface area contributed by atoms with Crippen LogP contribution in [0.4, 0.5) is 11.4 Å². The van der Waals surface area contributed by atoms with E-state index in [1.54, 1.807) is 12.1 Å². The molecule has 0 atom stereocenters. The maximum Gasteiger partial charge on any atom is 0.279 e. The average molecular weight is 435 g/mol. The van der Waals surface area contributed by atoms with E-state index in [0.717, 1.165) is 52.4 Å². The fourth-order valence-electron chi connectivity index (χ4n) is 4.21. The summed E-state index contributed by atoms with van der Waals surface area (Å²) in [7, 11) is 8.38. The molecule has 3 rings (SSSR count). The molecule has 3 N–H and O–H groups in total. The van der Waals surface area contributed by atoms with Crippen LogP contribution in [0.15, 0.2) is 18.2 Å². The van der Waals surface area contributed by atoms with Gasteiger partial charge in [0.2, 0.25) is 0 Å². The molecule has 2 fully saturated rings. The molecular weight excluding hydrogens is 396 g/mol. The highest BCUT2D eigenvalue weighted by molar-refractivity contribution is 5.95. The summed E-state index contributed by atoms with van der Waals surface area (Å²) in [4.78, 5) is 29.6. The van der Waals surface area contributed by atoms with Crippen LogP contribution in [0.5, 0.6) is 5.75 Å². The smallest absolute Gasteiger partial charge is 0.279 e. The van der Waals surface area contributed by atoms with E-state index in [9.17, 15) is 14.7 Å². The fourth-order valence-corrected chi connectivity index (χ4v) is 4.21. The van der Waals surface area contributed by atoms with Gasteiger partial charge >= 0.3 is 0 Å². The molecule has 2 heterocycles. The average Bonchev–Trinajstić information content (AvgIpc) is 2.69. The third-order valence-electron chi connectivity index (χ3n) is 6.69. The van der Waals surface area contributed by atoms with Gasteiger partial charge in [0.15, 0.2) is 13.1 Å². The Kier molecular flexibility index (Phi) is 7.20. The quantitative estimate of drug-likeness (QED) is 0.435. The van der Waals surface area contributed by atoms with Crippen LogP contribution in [0.1, 0.15) is 0 Å². The number of carbonyl (C=O) groups is 2. The highest BCUT2D eigenvalue weighted by atomic mass is 16.3. The van der Waals surface area contributed by atoms with Gasteiger partial charge in [-0.25, -0.2) is 0 Å². The summed E-state index contributed by atoms with van der Waals surface area (Å²) in [6.07, 6.45) is 0. The second-order valence-corrected chi connectivity index (χ2v) is 9.88. The Labute approximate surface area is 185 Å². The molecule has 2 saturated heterocycles. The summed E-state index contributed by atoms with van der Waals surface area (Å²) in [6.45, 7) is 8.40. The molecule has 172 valence electrons. The Morgan fingerprint density at radius 1 is 0.871 bits per heavy atom. The number of likely N-dealkylation sites (N-methyl/N-ethyl adjacent to an activating group) is 4. The number of amides is 2. The lowest BCUT2D eigenvalue weighted by Crippen LogP contribution is -2.58. The summed E-state index contributed by atoms with van der Waals surface area (Å²) in [5.74, 6) is -0.241. The monoisotopic (exact) mass is 434 g/mol. The standard InChI is InChI=1S/C22H36N6O3/c1-25-7-11-27(3,12-8-25)16-21(30)23-18-5-6-19(20(29)15-18)24-22(31)17-28(4)13-9-26(2)10-14-28/h5-6,15H,7-14,16-17H2,1-4H3,(H-2,23,24,29,30,31)/p+2. The molecule has 1 aromatic rings. The van der Waals surface area contributed by atoms with Crippen molar-refractivity contribution in [2.24, 2.45) is 0 Å². The van der Waals surface area contributed by atoms with Crippen molar-refractivity contribution in [2.45, 2.75) is 0 Å². The molecule has 1 aromatic carbocycles. The van der Waals surface area contributed by atoms with Gasteiger partial charge in [-0.2, -0.15) is 0 Å². The second kappa shape index (κ2) is 9.52. The summed E-state index contributed by atoms with van der Waals surface area (Å²) < 4.78 is 1.40. The molecular formula is C22H38N6O3+2. The molecule has 9 nitrogen and oxygen atoms in total. The van der Waals surface area contributed by atoms with Gasteiger partial charge in [0.1, 0.15) is 5.75 Å². The van der Waals surface area contributed by atoms with Crippen molar-refractivity contribution in [1.29, 1.82) is 0 Å². The highest BCUT2D eigenvalue weighted by Crippen LogP contribution is 2.27. The number of benzene rings is 1. The number of phenolic OH excluding ortho intramolecular Hbond substituents is 1. The number of hydrogen-bond donors (Lipinski definition) is 3. The third kappa shape index (κ3) is 6.64. The first-order valence-corrected chi connectivity index (χ1v) is 11.0. The van der Waals surface area contributed by atoms with Crippen LogP contribution >= 0.6 is 0 Å². The number of nitrogens with one attached hydrogen (secondary N) is 2. The van der Waals surface area contributed by atoms with E-state index in [4.69, 9.17) is 0 Å². The molecule has 2 aliphatic heterocycles. The summed E-state index contributed by atoms with van der Waals surface area (Å²) in [6, 6.07) is 4.84. The van der Waals surface area contributed by atoms with Crippen LogP contribution in [0, 0.1) is 0 Å². The van der Waals surface area contributed by atoms with Crippen molar-refractivity contribution in [2.75, 3.05) is 104 Å². The molecule has 0 aliphatic carbocycles. The van der Waals surface area contributed by atoms with E-state index < -0.39 is 0 Å². The predicted molar refractivity (Wildman–Crippen MR) is 122 cm³/mol. The molecule has 2 aliphatic rings. The Morgan fingerprint density at radius 2 is 1.32 bits per heavy atom. The van der Waals surface area contributed by atoms with Crippen LogP contribution < -0.4 is 10.6 Å². The van der Waals surface area contributed by atoms with Crippen molar-refractivity contribution in [1.82, 2.24) is 9.80 Å². The number of hydrogen-bond acceptors (Lipinski definition) is 5. The van der Waals surface area contributed by atoms with E-state index in [1.165, 1.54) is 6.07 Å².